The quantitative estimate of drug-likeness (QED) is 0.716. The number of rotatable bonds is 5. The minimum atomic E-state index is 0.255. The van der Waals surface area contributed by atoms with Crippen molar-refractivity contribution in [3.05, 3.63) is 36.3 Å². The van der Waals surface area contributed by atoms with Crippen LogP contribution in [0.2, 0.25) is 0 Å². The first-order valence-electron chi connectivity index (χ1n) is 8.72. The summed E-state index contributed by atoms with van der Waals surface area (Å²) >= 11 is 0. The number of aromatic nitrogens is 4. The molecule has 1 aliphatic carbocycles. The summed E-state index contributed by atoms with van der Waals surface area (Å²) in [5, 5.41) is 4.17. The van der Waals surface area contributed by atoms with Gasteiger partial charge in [0.05, 0.1) is 28.8 Å². The van der Waals surface area contributed by atoms with E-state index in [1.54, 1.807) is 10.7 Å². The zero-order valence-electron chi connectivity index (χ0n) is 14.6. The lowest BCUT2D eigenvalue weighted by Crippen LogP contribution is -1.99. The van der Waals surface area contributed by atoms with E-state index in [4.69, 9.17) is 15.7 Å². The second-order valence-electron chi connectivity index (χ2n) is 6.81. The lowest BCUT2D eigenvalue weighted by Gasteiger charge is -2.06. The van der Waals surface area contributed by atoms with Crippen molar-refractivity contribution in [2.24, 2.45) is 10.9 Å². The topological polar surface area (TPSA) is 81.5 Å². The number of nitrogen functional groups attached to an aromatic ring is 1. The van der Waals surface area contributed by atoms with E-state index in [0.29, 0.717) is 0 Å². The number of fused-ring (bicyclic) bond motifs is 1. The van der Waals surface area contributed by atoms with Crippen molar-refractivity contribution in [1.82, 2.24) is 19.6 Å². The predicted molar refractivity (Wildman–Crippen MR) is 100 cm³/mol. The third-order valence-corrected chi connectivity index (χ3v) is 4.69. The summed E-state index contributed by atoms with van der Waals surface area (Å²) in [4.78, 5) is 13.6. The van der Waals surface area contributed by atoms with E-state index in [1.165, 1.54) is 25.0 Å². The number of hydrogen-bond acceptors (Lipinski definition) is 5. The molecule has 3 aromatic heterocycles. The molecule has 2 N–H and O–H groups in total. The first kappa shape index (κ1) is 15.7. The highest BCUT2D eigenvalue weighted by Gasteiger charge is 2.20. The molecule has 1 saturated carbocycles. The van der Waals surface area contributed by atoms with Crippen molar-refractivity contribution in [3.8, 4) is 11.3 Å². The first-order valence-corrected chi connectivity index (χ1v) is 8.72. The van der Waals surface area contributed by atoms with E-state index < -0.39 is 0 Å². The molecule has 4 rings (SSSR count). The molecule has 0 bridgehead atoms. The van der Waals surface area contributed by atoms with Crippen molar-refractivity contribution in [2.45, 2.75) is 39.5 Å². The third kappa shape index (κ3) is 3.38. The fraction of sp³-hybridized carbons (Fsp3) is 0.368. The molecule has 6 heteroatoms. The van der Waals surface area contributed by atoms with Crippen LogP contribution in [-0.2, 0) is 0 Å². The van der Waals surface area contributed by atoms with Gasteiger partial charge in [-0.2, -0.15) is 0 Å². The van der Waals surface area contributed by atoms with Crippen LogP contribution in [-0.4, -0.2) is 25.3 Å². The van der Waals surface area contributed by atoms with Crippen molar-refractivity contribution in [2.75, 3.05) is 5.73 Å². The number of hydrogen-bond donors (Lipinski definition) is 1. The van der Waals surface area contributed by atoms with E-state index in [0.717, 1.165) is 40.5 Å². The van der Waals surface area contributed by atoms with Crippen molar-refractivity contribution < 1.29 is 0 Å². The van der Waals surface area contributed by atoms with Gasteiger partial charge in [0.1, 0.15) is 0 Å². The molecular formula is C19H22N6. The molecular weight excluding hydrogens is 312 g/mol. The number of pyridine rings is 1. The molecule has 0 saturated heterocycles. The summed E-state index contributed by atoms with van der Waals surface area (Å²) in [5.41, 5.74) is 11.5. The van der Waals surface area contributed by atoms with Crippen LogP contribution in [0.3, 0.4) is 0 Å². The van der Waals surface area contributed by atoms with Gasteiger partial charge >= 0.3 is 0 Å². The average Bonchev–Trinajstić information content (AvgIpc) is 3.33. The smallest absolute Gasteiger partial charge is 0.238 e. The molecule has 0 atom stereocenters. The van der Waals surface area contributed by atoms with Crippen LogP contribution in [0, 0.1) is 12.8 Å². The number of nitrogens with zero attached hydrogens (tertiary/aromatic N) is 5. The maximum atomic E-state index is 5.64. The third-order valence-electron chi connectivity index (χ3n) is 4.69. The fourth-order valence-electron chi connectivity index (χ4n) is 3.03. The minimum absolute atomic E-state index is 0.255. The number of nitrogens with two attached hydrogens (primary N) is 1. The van der Waals surface area contributed by atoms with Crippen LogP contribution in [0.25, 0.3) is 16.8 Å². The van der Waals surface area contributed by atoms with Crippen molar-refractivity contribution >= 4 is 22.9 Å². The van der Waals surface area contributed by atoms with Gasteiger partial charge in [0.15, 0.2) is 0 Å². The lowest BCUT2D eigenvalue weighted by atomic mass is 10.1. The molecule has 6 nitrogen and oxygen atoms in total. The second-order valence-corrected chi connectivity index (χ2v) is 6.81. The molecule has 0 amide bonds. The zero-order chi connectivity index (χ0) is 17.4. The molecule has 1 aliphatic rings. The average molecular weight is 334 g/mol. The Bertz CT molecular complexity index is 952. The summed E-state index contributed by atoms with van der Waals surface area (Å²) < 4.78 is 1.72. The van der Waals surface area contributed by atoms with E-state index in [1.807, 2.05) is 31.3 Å². The molecule has 0 unspecified atom stereocenters. The van der Waals surface area contributed by atoms with E-state index in [2.05, 4.69) is 17.0 Å². The molecule has 0 aliphatic heterocycles. The van der Waals surface area contributed by atoms with E-state index in [9.17, 15) is 0 Å². The maximum absolute atomic E-state index is 5.64. The van der Waals surface area contributed by atoms with Crippen LogP contribution >= 0.6 is 0 Å². The molecule has 3 aromatic rings. The number of aliphatic imine (C=N–C) groups is 1. The summed E-state index contributed by atoms with van der Waals surface area (Å²) in [5.74, 6) is 1.19. The zero-order valence-corrected chi connectivity index (χ0v) is 14.6. The number of anilines is 1. The summed E-state index contributed by atoms with van der Waals surface area (Å²) in [6.07, 6.45) is 8.72. The Morgan fingerprint density at radius 2 is 2.16 bits per heavy atom. The van der Waals surface area contributed by atoms with Gasteiger partial charge in [-0.3, -0.25) is 9.98 Å². The summed E-state index contributed by atoms with van der Waals surface area (Å²) in [7, 11) is 0. The SMILES string of the molecule is CC(CCC1CC1)=Nc1ccc(-c2ccn3nc(N)ncc23)nc1C. The fourth-order valence-corrected chi connectivity index (χ4v) is 3.03. The second kappa shape index (κ2) is 6.27. The van der Waals surface area contributed by atoms with Crippen LogP contribution in [0.4, 0.5) is 11.6 Å². The van der Waals surface area contributed by atoms with Gasteiger partial charge < -0.3 is 5.73 Å². The standard InChI is InChI=1S/C19H22N6/c1-12(3-4-14-5-6-14)22-16-7-8-17(23-13(16)2)15-9-10-25-18(15)11-21-19(20)24-25/h7-11,14H,3-6H2,1-2H3,(H2,20,24). The van der Waals surface area contributed by atoms with Crippen molar-refractivity contribution in [1.29, 1.82) is 0 Å². The highest BCUT2D eigenvalue weighted by molar-refractivity contribution is 5.85. The van der Waals surface area contributed by atoms with Gasteiger partial charge in [0.2, 0.25) is 5.95 Å². The minimum Gasteiger partial charge on any atom is -0.367 e. The summed E-state index contributed by atoms with van der Waals surface area (Å²) in [6, 6.07) is 6.03. The van der Waals surface area contributed by atoms with Gasteiger partial charge in [-0.1, -0.05) is 12.8 Å². The van der Waals surface area contributed by atoms with Crippen LogP contribution in [0.5, 0.6) is 0 Å². The van der Waals surface area contributed by atoms with E-state index in [-0.39, 0.29) is 5.95 Å². The summed E-state index contributed by atoms with van der Waals surface area (Å²) in [6.45, 7) is 4.11. The monoisotopic (exact) mass is 334 g/mol. The maximum Gasteiger partial charge on any atom is 0.238 e. The Kier molecular flexibility index (Phi) is 3.95. The molecule has 25 heavy (non-hydrogen) atoms. The Balaban J connectivity index is 1.61. The molecule has 3 heterocycles. The molecule has 0 aromatic carbocycles. The van der Waals surface area contributed by atoms with E-state index >= 15 is 0 Å². The van der Waals surface area contributed by atoms with Crippen LogP contribution in [0.1, 0.15) is 38.3 Å². The molecule has 1 fully saturated rings. The highest BCUT2D eigenvalue weighted by atomic mass is 15.3. The molecule has 128 valence electrons. The van der Waals surface area contributed by atoms with Gasteiger partial charge in [-0.25, -0.2) is 9.50 Å². The Morgan fingerprint density at radius 3 is 2.92 bits per heavy atom. The van der Waals surface area contributed by atoms with Crippen LogP contribution in [0.15, 0.2) is 35.6 Å². The van der Waals surface area contributed by atoms with Gasteiger partial charge in [0, 0.05) is 17.5 Å². The Morgan fingerprint density at radius 1 is 1.32 bits per heavy atom. The largest absolute Gasteiger partial charge is 0.367 e. The molecule has 0 radical (unpaired) electrons. The first-order chi connectivity index (χ1) is 12.1. The van der Waals surface area contributed by atoms with Crippen molar-refractivity contribution in [3.63, 3.8) is 0 Å². The predicted octanol–water partition coefficient (Wildman–Crippen LogP) is 3.96. The number of aryl methyl sites for hydroxylation is 1. The molecule has 0 spiro atoms. The Hall–Kier alpha value is -2.76. The van der Waals surface area contributed by atoms with Gasteiger partial charge in [0.25, 0.3) is 0 Å². The van der Waals surface area contributed by atoms with Crippen LogP contribution < -0.4 is 5.73 Å². The Labute approximate surface area is 146 Å². The van der Waals surface area contributed by atoms with Gasteiger partial charge in [-0.05, 0) is 50.8 Å². The highest BCUT2D eigenvalue weighted by Crippen LogP contribution is 2.34. The normalized spacial score (nSPS) is 15.0. The lowest BCUT2D eigenvalue weighted by molar-refractivity contribution is 0.757. The van der Waals surface area contributed by atoms with Gasteiger partial charge in [-0.15, -0.1) is 5.10 Å².